The van der Waals surface area contributed by atoms with E-state index in [2.05, 4.69) is 14.7 Å². The maximum absolute atomic E-state index is 13.4. The number of rotatable bonds is 5. The lowest BCUT2D eigenvalue weighted by Crippen LogP contribution is -2.11. The van der Waals surface area contributed by atoms with Crippen LogP contribution in [0.2, 0.25) is 5.02 Å². The summed E-state index contributed by atoms with van der Waals surface area (Å²) in [5.41, 5.74) is 0.993. The van der Waals surface area contributed by atoms with Gasteiger partial charge in [-0.05, 0) is 24.6 Å². The number of methoxy groups -OCH3 is 2. The number of esters is 1. The lowest BCUT2D eigenvalue weighted by molar-refractivity contribution is 0.0590. The highest BCUT2D eigenvalue weighted by Gasteiger charge is 2.19. The number of ether oxygens (including phenoxy) is 3. The lowest BCUT2D eigenvalue weighted by Gasteiger charge is -2.12. The maximum atomic E-state index is 13.4. The van der Waals surface area contributed by atoms with Gasteiger partial charge in [-0.2, -0.15) is 9.97 Å². The van der Waals surface area contributed by atoms with Gasteiger partial charge in [0.1, 0.15) is 12.4 Å². The molecule has 0 aliphatic rings. The summed E-state index contributed by atoms with van der Waals surface area (Å²) in [6, 6.07) is 4.29. The lowest BCUT2D eigenvalue weighted by atomic mass is 10.2. The average Bonchev–Trinajstić information content (AvgIpc) is 2.56. The fourth-order valence-electron chi connectivity index (χ4n) is 1.78. The largest absolute Gasteiger partial charge is 0.472 e. The molecule has 0 fully saturated rings. The minimum atomic E-state index is -0.634. The SMILES string of the molecule is COC(=O)c1nc(OC)nc(OCc2ccc(Cl)c(F)c2)c1C. The monoisotopic (exact) mass is 340 g/mol. The highest BCUT2D eigenvalue weighted by Crippen LogP contribution is 2.23. The third kappa shape index (κ3) is 3.87. The van der Waals surface area contributed by atoms with E-state index in [0.29, 0.717) is 11.1 Å². The Balaban J connectivity index is 2.27. The standard InChI is InChI=1S/C15H14ClFN2O4/c1-8-12(14(20)21-2)18-15(22-3)19-13(8)23-7-9-4-5-10(16)11(17)6-9/h4-6H,7H2,1-3H3. The van der Waals surface area contributed by atoms with Gasteiger partial charge in [0.05, 0.1) is 19.2 Å². The Hall–Kier alpha value is -2.41. The van der Waals surface area contributed by atoms with Gasteiger partial charge in [-0.1, -0.05) is 17.7 Å². The average molecular weight is 341 g/mol. The number of carbonyl (C=O) groups excluding carboxylic acids is 1. The second-order valence-corrected chi connectivity index (χ2v) is 4.92. The number of benzene rings is 1. The quantitative estimate of drug-likeness (QED) is 0.779. The van der Waals surface area contributed by atoms with E-state index in [1.807, 2.05) is 0 Å². The van der Waals surface area contributed by atoms with Crippen LogP contribution in [-0.4, -0.2) is 30.2 Å². The van der Waals surface area contributed by atoms with Gasteiger partial charge in [0.15, 0.2) is 5.69 Å². The number of halogens is 2. The molecule has 0 atom stereocenters. The molecule has 23 heavy (non-hydrogen) atoms. The molecular formula is C15H14ClFN2O4. The number of nitrogens with zero attached hydrogens (tertiary/aromatic N) is 2. The van der Waals surface area contributed by atoms with E-state index in [1.54, 1.807) is 13.0 Å². The fourth-order valence-corrected chi connectivity index (χ4v) is 1.90. The van der Waals surface area contributed by atoms with Crippen LogP contribution in [0.5, 0.6) is 11.9 Å². The van der Waals surface area contributed by atoms with Crippen molar-refractivity contribution in [3.8, 4) is 11.9 Å². The van der Waals surface area contributed by atoms with E-state index < -0.39 is 11.8 Å². The zero-order valence-corrected chi connectivity index (χ0v) is 13.5. The fraction of sp³-hybridized carbons (Fsp3) is 0.267. The van der Waals surface area contributed by atoms with Gasteiger partial charge in [-0.3, -0.25) is 0 Å². The highest BCUT2D eigenvalue weighted by molar-refractivity contribution is 6.30. The van der Waals surface area contributed by atoms with Crippen LogP contribution in [0, 0.1) is 12.7 Å². The summed E-state index contributed by atoms with van der Waals surface area (Å²) in [7, 11) is 2.61. The van der Waals surface area contributed by atoms with E-state index >= 15 is 0 Å². The Morgan fingerprint density at radius 3 is 2.65 bits per heavy atom. The Morgan fingerprint density at radius 1 is 1.30 bits per heavy atom. The molecule has 0 bridgehead atoms. The molecule has 8 heteroatoms. The van der Waals surface area contributed by atoms with Crippen LogP contribution in [0.1, 0.15) is 21.6 Å². The topological polar surface area (TPSA) is 70.5 Å². The predicted molar refractivity (Wildman–Crippen MR) is 80.4 cm³/mol. The predicted octanol–water partition coefficient (Wildman–Crippen LogP) is 2.95. The summed E-state index contributed by atoms with van der Waals surface area (Å²) in [5.74, 6) is -1.03. The molecule has 0 amide bonds. The number of carbonyl (C=O) groups is 1. The molecule has 0 aliphatic heterocycles. The zero-order chi connectivity index (χ0) is 17.0. The first-order chi connectivity index (χ1) is 11.0. The third-order valence-corrected chi connectivity index (χ3v) is 3.31. The summed E-state index contributed by atoms with van der Waals surface area (Å²) in [6.45, 7) is 1.65. The normalized spacial score (nSPS) is 10.3. The highest BCUT2D eigenvalue weighted by atomic mass is 35.5. The molecule has 0 N–H and O–H groups in total. The summed E-state index contributed by atoms with van der Waals surface area (Å²) in [4.78, 5) is 19.7. The third-order valence-electron chi connectivity index (χ3n) is 3.00. The summed E-state index contributed by atoms with van der Waals surface area (Å²) >= 11 is 5.63. The molecule has 0 saturated carbocycles. The molecule has 1 aromatic carbocycles. The van der Waals surface area contributed by atoms with Crippen LogP contribution >= 0.6 is 11.6 Å². The van der Waals surface area contributed by atoms with Crippen molar-refractivity contribution in [3.05, 3.63) is 45.9 Å². The molecule has 122 valence electrons. The van der Waals surface area contributed by atoms with Gasteiger partial charge in [0.2, 0.25) is 5.88 Å². The van der Waals surface area contributed by atoms with Crippen LogP contribution in [0.15, 0.2) is 18.2 Å². The second-order valence-electron chi connectivity index (χ2n) is 4.52. The molecule has 0 saturated heterocycles. The Bertz CT molecular complexity index is 740. The van der Waals surface area contributed by atoms with Gasteiger partial charge >= 0.3 is 12.0 Å². The number of hydrogen-bond donors (Lipinski definition) is 0. The van der Waals surface area contributed by atoms with Gasteiger partial charge in [0.25, 0.3) is 0 Å². The van der Waals surface area contributed by atoms with E-state index in [0.717, 1.165) is 0 Å². The molecule has 2 rings (SSSR count). The van der Waals surface area contributed by atoms with Gasteiger partial charge in [-0.25, -0.2) is 9.18 Å². The minimum Gasteiger partial charge on any atom is -0.472 e. The van der Waals surface area contributed by atoms with E-state index in [9.17, 15) is 9.18 Å². The maximum Gasteiger partial charge on any atom is 0.357 e. The Kier molecular flexibility index (Phi) is 5.33. The second kappa shape index (κ2) is 7.23. The first kappa shape index (κ1) is 17.0. The van der Waals surface area contributed by atoms with Crippen LogP contribution in [0.25, 0.3) is 0 Å². The van der Waals surface area contributed by atoms with E-state index in [1.165, 1.54) is 26.4 Å². The summed E-state index contributed by atoms with van der Waals surface area (Å²) in [5, 5.41) is 0.0293. The van der Waals surface area contributed by atoms with E-state index in [-0.39, 0.29) is 29.2 Å². The van der Waals surface area contributed by atoms with Crippen molar-refractivity contribution in [2.75, 3.05) is 14.2 Å². The van der Waals surface area contributed by atoms with Crippen molar-refractivity contribution in [1.29, 1.82) is 0 Å². The first-order valence-electron chi connectivity index (χ1n) is 6.54. The minimum absolute atomic E-state index is 0.0293. The van der Waals surface area contributed by atoms with Crippen molar-refractivity contribution in [3.63, 3.8) is 0 Å². The summed E-state index contributed by atoms with van der Waals surface area (Å²) in [6.07, 6.45) is 0. The van der Waals surface area contributed by atoms with Crippen molar-refractivity contribution in [2.45, 2.75) is 13.5 Å². The van der Waals surface area contributed by atoms with Crippen LogP contribution in [0.3, 0.4) is 0 Å². The van der Waals surface area contributed by atoms with Crippen LogP contribution in [0.4, 0.5) is 4.39 Å². The number of hydrogen-bond acceptors (Lipinski definition) is 6. The van der Waals surface area contributed by atoms with E-state index in [4.69, 9.17) is 21.1 Å². The molecule has 1 heterocycles. The summed E-state index contributed by atoms with van der Waals surface area (Å²) < 4.78 is 28.6. The molecule has 1 aromatic heterocycles. The van der Waals surface area contributed by atoms with Gasteiger partial charge in [0, 0.05) is 5.56 Å². The first-order valence-corrected chi connectivity index (χ1v) is 6.91. The van der Waals surface area contributed by atoms with Crippen molar-refractivity contribution in [2.24, 2.45) is 0 Å². The Labute approximate surface area is 137 Å². The smallest absolute Gasteiger partial charge is 0.357 e. The van der Waals surface area contributed by atoms with Crippen molar-refractivity contribution >= 4 is 17.6 Å². The number of aromatic nitrogens is 2. The molecule has 0 radical (unpaired) electrons. The van der Waals surface area contributed by atoms with Crippen LogP contribution in [-0.2, 0) is 11.3 Å². The molecule has 2 aromatic rings. The molecular weight excluding hydrogens is 327 g/mol. The van der Waals surface area contributed by atoms with Crippen LogP contribution < -0.4 is 9.47 Å². The Morgan fingerprint density at radius 2 is 2.04 bits per heavy atom. The van der Waals surface area contributed by atoms with Gasteiger partial charge < -0.3 is 14.2 Å². The molecule has 6 nitrogen and oxygen atoms in total. The van der Waals surface area contributed by atoms with Gasteiger partial charge in [-0.15, -0.1) is 0 Å². The van der Waals surface area contributed by atoms with Crippen molar-refractivity contribution < 1.29 is 23.4 Å². The molecule has 0 spiro atoms. The molecule has 0 aliphatic carbocycles. The van der Waals surface area contributed by atoms with Crippen molar-refractivity contribution in [1.82, 2.24) is 9.97 Å². The molecule has 0 unspecified atom stereocenters. The zero-order valence-electron chi connectivity index (χ0n) is 12.7.